The standard InChI is InChI=1S/C8H8N4O2/c1-2-14-7(13)5-4-11-8(10)12-6(5)3-9/h4H,2H2,1H3,(H2,10,11,12). The molecule has 0 aromatic carbocycles. The van der Waals surface area contributed by atoms with E-state index in [0.29, 0.717) is 0 Å². The molecule has 0 aliphatic heterocycles. The third-order valence-electron chi connectivity index (χ3n) is 1.41. The fourth-order valence-electron chi connectivity index (χ4n) is 0.839. The maximum Gasteiger partial charge on any atom is 0.342 e. The molecule has 6 heteroatoms. The first-order chi connectivity index (χ1) is 6.69. The van der Waals surface area contributed by atoms with E-state index in [4.69, 9.17) is 15.7 Å². The van der Waals surface area contributed by atoms with E-state index in [1.54, 1.807) is 13.0 Å². The molecule has 72 valence electrons. The van der Waals surface area contributed by atoms with Gasteiger partial charge in [0.15, 0.2) is 5.69 Å². The summed E-state index contributed by atoms with van der Waals surface area (Å²) in [7, 11) is 0. The number of nitrogens with two attached hydrogens (primary N) is 1. The lowest BCUT2D eigenvalue weighted by molar-refractivity contribution is 0.0525. The fraction of sp³-hybridized carbons (Fsp3) is 0.250. The number of hydrogen-bond donors (Lipinski definition) is 1. The molecule has 0 saturated carbocycles. The summed E-state index contributed by atoms with van der Waals surface area (Å²) in [5.41, 5.74) is 5.21. The molecule has 0 spiro atoms. The van der Waals surface area contributed by atoms with Crippen LogP contribution in [0.4, 0.5) is 5.95 Å². The molecular formula is C8H8N4O2. The highest BCUT2D eigenvalue weighted by atomic mass is 16.5. The summed E-state index contributed by atoms with van der Waals surface area (Å²) in [5.74, 6) is -0.668. The molecule has 0 amide bonds. The third kappa shape index (κ3) is 1.95. The van der Waals surface area contributed by atoms with Crippen molar-refractivity contribution in [2.24, 2.45) is 0 Å². The number of nitrogens with zero attached hydrogens (tertiary/aromatic N) is 3. The van der Waals surface area contributed by atoms with E-state index in [1.165, 1.54) is 6.20 Å². The highest BCUT2D eigenvalue weighted by Crippen LogP contribution is 2.06. The molecule has 0 bridgehead atoms. The molecular weight excluding hydrogens is 184 g/mol. The number of anilines is 1. The minimum absolute atomic E-state index is 0.0311. The lowest BCUT2D eigenvalue weighted by Gasteiger charge is -2.02. The van der Waals surface area contributed by atoms with Gasteiger partial charge in [-0.3, -0.25) is 0 Å². The van der Waals surface area contributed by atoms with E-state index in [1.807, 2.05) is 0 Å². The van der Waals surface area contributed by atoms with E-state index in [-0.39, 0.29) is 23.8 Å². The highest BCUT2D eigenvalue weighted by Gasteiger charge is 2.14. The van der Waals surface area contributed by atoms with Crippen molar-refractivity contribution in [3.8, 4) is 6.07 Å². The molecule has 6 nitrogen and oxygen atoms in total. The second-order valence-corrected chi connectivity index (χ2v) is 2.32. The first-order valence-electron chi connectivity index (χ1n) is 3.88. The van der Waals surface area contributed by atoms with Crippen LogP contribution < -0.4 is 5.73 Å². The second kappa shape index (κ2) is 4.18. The highest BCUT2D eigenvalue weighted by molar-refractivity contribution is 5.91. The average molecular weight is 192 g/mol. The number of rotatable bonds is 2. The number of nitriles is 1. The molecule has 0 radical (unpaired) electrons. The van der Waals surface area contributed by atoms with E-state index in [9.17, 15) is 4.79 Å². The van der Waals surface area contributed by atoms with Crippen molar-refractivity contribution in [1.29, 1.82) is 5.26 Å². The predicted octanol–water partition coefficient (Wildman–Crippen LogP) is 0.107. The van der Waals surface area contributed by atoms with Crippen molar-refractivity contribution in [2.75, 3.05) is 12.3 Å². The Balaban J connectivity index is 3.09. The lowest BCUT2D eigenvalue weighted by Crippen LogP contribution is -2.10. The maximum absolute atomic E-state index is 11.2. The van der Waals surface area contributed by atoms with Crippen LogP contribution in [0, 0.1) is 11.3 Å². The van der Waals surface area contributed by atoms with E-state index in [2.05, 4.69) is 9.97 Å². The Morgan fingerprint density at radius 2 is 2.50 bits per heavy atom. The van der Waals surface area contributed by atoms with Gasteiger partial charge in [-0.2, -0.15) is 5.26 Å². The summed E-state index contributed by atoms with van der Waals surface area (Å²) < 4.78 is 4.70. The quantitative estimate of drug-likeness (QED) is 0.667. The van der Waals surface area contributed by atoms with Gasteiger partial charge in [0.1, 0.15) is 11.6 Å². The SMILES string of the molecule is CCOC(=O)c1cnc(N)nc1C#N. The topological polar surface area (TPSA) is 102 Å². The van der Waals surface area contributed by atoms with E-state index < -0.39 is 5.97 Å². The van der Waals surface area contributed by atoms with Crippen LogP contribution in [0.15, 0.2) is 6.20 Å². The molecule has 1 aromatic rings. The Kier molecular flexibility index (Phi) is 2.97. The molecule has 14 heavy (non-hydrogen) atoms. The molecule has 0 fully saturated rings. The number of esters is 1. The second-order valence-electron chi connectivity index (χ2n) is 2.32. The van der Waals surface area contributed by atoms with Gasteiger partial charge in [-0.25, -0.2) is 14.8 Å². The molecule has 2 N–H and O–H groups in total. The largest absolute Gasteiger partial charge is 0.462 e. The van der Waals surface area contributed by atoms with Gasteiger partial charge in [-0.15, -0.1) is 0 Å². The van der Waals surface area contributed by atoms with Gasteiger partial charge in [0.25, 0.3) is 0 Å². The number of aromatic nitrogens is 2. The van der Waals surface area contributed by atoms with E-state index >= 15 is 0 Å². The summed E-state index contributed by atoms with van der Waals surface area (Å²) in [4.78, 5) is 18.4. The Bertz CT molecular complexity index is 397. The van der Waals surface area contributed by atoms with Crippen LogP contribution >= 0.6 is 0 Å². The molecule has 0 saturated heterocycles. The van der Waals surface area contributed by atoms with Gasteiger partial charge in [-0.1, -0.05) is 0 Å². The van der Waals surface area contributed by atoms with Gasteiger partial charge in [-0.05, 0) is 6.92 Å². The molecule has 1 aromatic heterocycles. The summed E-state index contributed by atoms with van der Waals surface area (Å²) in [6, 6.07) is 1.74. The van der Waals surface area contributed by atoms with Crippen molar-refractivity contribution in [3.63, 3.8) is 0 Å². The van der Waals surface area contributed by atoms with Gasteiger partial charge in [0, 0.05) is 6.20 Å². The van der Waals surface area contributed by atoms with Crippen LogP contribution in [0.3, 0.4) is 0 Å². The molecule has 0 unspecified atom stereocenters. The Labute approximate surface area is 80.3 Å². The molecule has 0 aliphatic rings. The number of carbonyl (C=O) groups excluding carboxylic acids is 1. The molecule has 0 atom stereocenters. The number of carbonyl (C=O) groups is 1. The van der Waals surface area contributed by atoms with Crippen molar-refractivity contribution >= 4 is 11.9 Å². The van der Waals surface area contributed by atoms with Crippen molar-refractivity contribution in [2.45, 2.75) is 6.92 Å². The molecule has 1 rings (SSSR count). The van der Waals surface area contributed by atoms with Crippen LogP contribution in [0.5, 0.6) is 0 Å². The zero-order valence-corrected chi connectivity index (χ0v) is 7.52. The lowest BCUT2D eigenvalue weighted by atomic mass is 10.2. The van der Waals surface area contributed by atoms with Gasteiger partial charge < -0.3 is 10.5 Å². The minimum atomic E-state index is -0.621. The number of nitrogen functional groups attached to an aromatic ring is 1. The van der Waals surface area contributed by atoms with Gasteiger partial charge >= 0.3 is 5.97 Å². The van der Waals surface area contributed by atoms with Crippen molar-refractivity contribution < 1.29 is 9.53 Å². The van der Waals surface area contributed by atoms with Crippen LogP contribution in [-0.2, 0) is 4.74 Å². The Hall–Kier alpha value is -2.16. The number of hydrogen-bond acceptors (Lipinski definition) is 6. The van der Waals surface area contributed by atoms with E-state index in [0.717, 1.165) is 0 Å². The van der Waals surface area contributed by atoms with Crippen LogP contribution in [-0.4, -0.2) is 22.5 Å². The van der Waals surface area contributed by atoms with Crippen molar-refractivity contribution in [1.82, 2.24) is 9.97 Å². The average Bonchev–Trinajstić information content (AvgIpc) is 2.17. The molecule has 1 heterocycles. The monoisotopic (exact) mass is 192 g/mol. The fourth-order valence-corrected chi connectivity index (χ4v) is 0.839. The minimum Gasteiger partial charge on any atom is -0.462 e. The zero-order chi connectivity index (χ0) is 10.6. The summed E-state index contributed by atoms with van der Waals surface area (Å²) in [6.07, 6.45) is 1.18. The van der Waals surface area contributed by atoms with Gasteiger partial charge in [0.2, 0.25) is 5.95 Å². The summed E-state index contributed by atoms with van der Waals surface area (Å²) in [6.45, 7) is 1.90. The predicted molar refractivity (Wildman–Crippen MR) is 47.1 cm³/mol. The Morgan fingerprint density at radius 1 is 1.79 bits per heavy atom. The first kappa shape index (κ1) is 9.92. The summed E-state index contributed by atoms with van der Waals surface area (Å²) in [5, 5.41) is 8.66. The number of ether oxygens (including phenoxy) is 1. The Morgan fingerprint density at radius 3 is 3.07 bits per heavy atom. The van der Waals surface area contributed by atoms with Crippen LogP contribution in [0.25, 0.3) is 0 Å². The smallest absolute Gasteiger partial charge is 0.342 e. The van der Waals surface area contributed by atoms with Crippen LogP contribution in [0.2, 0.25) is 0 Å². The normalized spacial score (nSPS) is 9.14. The maximum atomic E-state index is 11.2. The first-order valence-corrected chi connectivity index (χ1v) is 3.88. The molecule has 0 aliphatic carbocycles. The third-order valence-corrected chi connectivity index (χ3v) is 1.41. The van der Waals surface area contributed by atoms with Gasteiger partial charge in [0.05, 0.1) is 6.61 Å². The van der Waals surface area contributed by atoms with Crippen LogP contribution in [0.1, 0.15) is 23.0 Å². The zero-order valence-electron chi connectivity index (χ0n) is 7.52. The summed E-state index contributed by atoms with van der Waals surface area (Å²) >= 11 is 0. The van der Waals surface area contributed by atoms with Crippen molar-refractivity contribution in [3.05, 3.63) is 17.5 Å².